The normalized spacial score (nSPS) is 15.7. The Hall–Kier alpha value is -4.20. The molecular formula is C47H62O7. The molecule has 0 aliphatic heterocycles. The molecule has 292 valence electrons. The van der Waals surface area contributed by atoms with E-state index in [0.717, 1.165) is 52.5 Å². The summed E-state index contributed by atoms with van der Waals surface area (Å²) in [5, 5.41) is 20.5. The van der Waals surface area contributed by atoms with Crippen LogP contribution in [0.1, 0.15) is 95.8 Å². The van der Waals surface area contributed by atoms with Gasteiger partial charge >= 0.3 is 11.9 Å². The van der Waals surface area contributed by atoms with Gasteiger partial charge in [0.15, 0.2) is 0 Å². The van der Waals surface area contributed by atoms with E-state index in [9.17, 15) is 19.8 Å². The number of aliphatic hydroxyl groups excluding tert-OH is 2. The minimum Gasteiger partial charge on any atom is -0.492 e. The summed E-state index contributed by atoms with van der Waals surface area (Å²) >= 11 is 0. The lowest BCUT2D eigenvalue weighted by molar-refractivity contribution is -0.146. The zero-order valence-corrected chi connectivity index (χ0v) is 33.1. The van der Waals surface area contributed by atoms with Gasteiger partial charge in [-0.1, -0.05) is 114 Å². The Kier molecular flexibility index (Phi) is 16.6. The molecule has 0 atom stereocenters. The molecule has 3 aromatic carbocycles. The molecule has 0 spiro atoms. The fourth-order valence-electron chi connectivity index (χ4n) is 7.25. The van der Waals surface area contributed by atoms with Crippen LogP contribution in [0.15, 0.2) is 85.0 Å². The van der Waals surface area contributed by atoms with Crippen molar-refractivity contribution in [2.75, 3.05) is 33.0 Å². The van der Waals surface area contributed by atoms with Gasteiger partial charge in [0.2, 0.25) is 0 Å². The fraction of sp³-hybridized carbons (Fsp3) is 0.489. The quantitative estimate of drug-likeness (QED) is 0.0638. The molecule has 1 aliphatic rings. The van der Waals surface area contributed by atoms with E-state index in [0.29, 0.717) is 24.2 Å². The van der Waals surface area contributed by atoms with Crippen LogP contribution in [0.25, 0.3) is 22.3 Å². The van der Waals surface area contributed by atoms with Crippen molar-refractivity contribution in [1.29, 1.82) is 0 Å². The maximum Gasteiger partial charge on any atom is 0.333 e. The number of carbonyl (C=O) groups excluding carboxylic acids is 2. The number of aryl methyl sites for hydroxylation is 3. The molecule has 1 aliphatic carbocycles. The predicted octanol–water partition coefficient (Wildman–Crippen LogP) is 9.64. The van der Waals surface area contributed by atoms with E-state index in [1.54, 1.807) is 6.92 Å². The van der Waals surface area contributed by atoms with E-state index in [2.05, 4.69) is 81.6 Å². The molecule has 0 heterocycles. The van der Waals surface area contributed by atoms with Crippen LogP contribution in [-0.4, -0.2) is 55.2 Å². The second-order valence-corrected chi connectivity index (χ2v) is 15.4. The second-order valence-electron chi connectivity index (χ2n) is 15.4. The van der Waals surface area contributed by atoms with E-state index in [-0.39, 0.29) is 25.4 Å². The summed E-state index contributed by atoms with van der Waals surface area (Å²) in [4.78, 5) is 24.1. The summed E-state index contributed by atoms with van der Waals surface area (Å²) < 4.78 is 17.0. The molecule has 3 aromatic rings. The van der Waals surface area contributed by atoms with E-state index >= 15 is 0 Å². The van der Waals surface area contributed by atoms with Crippen molar-refractivity contribution < 1.29 is 34.0 Å². The van der Waals surface area contributed by atoms with Crippen molar-refractivity contribution in [2.45, 2.75) is 98.3 Å². The molecule has 0 amide bonds. The first-order valence-corrected chi connectivity index (χ1v) is 19.9. The van der Waals surface area contributed by atoms with Crippen LogP contribution in [0.3, 0.4) is 0 Å². The number of aliphatic hydroxyl groups is 2. The zero-order chi connectivity index (χ0) is 39.1. The van der Waals surface area contributed by atoms with Gasteiger partial charge in [0.05, 0.1) is 25.2 Å². The monoisotopic (exact) mass is 738 g/mol. The molecule has 7 heteroatoms. The number of carbonyl (C=O) groups is 2. The van der Waals surface area contributed by atoms with Crippen molar-refractivity contribution >= 4 is 11.9 Å². The number of esters is 2. The summed E-state index contributed by atoms with van der Waals surface area (Å²) in [5.41, 5.74) is 7.25. The first kappa shape index (κ1) is 42.5. The van der Waals surface area contributed by atoms with E-state index in [1.165, 1.54) is 63.0 Å². The van der Waals surface area contributed by atoms with Crippen LogP contribution in [0.4, 0.5) is 0 Å². The Balaban J connectivity index is 1.50. The highest BCUT2D eigenvalue weighted by Gasteiger charge is 2.33. The van der Waals surface area contributed by atoms with Gasteiger partial charge in [-0.25, -0.2) is 9.59 Å². The average molecular weight is 739 g/mol. The third kappa shape index (κ3) is 12.2. The van der Waals surface area contributed by atoms with E-state index in [1.807, 2.05) is 6.07 Å². The SMILES string of the molecule is C=C(C)C(=O)OCCCc1cc(-c2ccc(-c3ccc(CCC4CCC(CCC)CC4)cc3)cc2)c(CC)cc1OCC(CO)(CO)COC(=O)C(=C)C. The number of rotatable bonds is 21. The van der Waals surface area contributed by atoms with Gasteiger partial charge < -0.3 is 24.4 Å². The highest BCUT2D eigenvalue weighted by atomic mass is 16.5. The minimum atomic E-state index is -1.22. The molecular weight excluding hydrogens is 677 g/mol. The standard InChI is InChI=1S/C47H62O7/c1-7-10-35-12-14-36(15-13-35)16-17-37-18-20-39(21-19-37)40-22-24-41(25-23-40)43-27-42(11-9-26-52-45(50)33(3)4)44(28-38(43)8-2)53-31-47(29-48,30-49)32-54-46(51)34(5)6/h18-25,27-28,35-36,48-49H,3,5,7-17,26,29-32H2,1-2,4,6H3. The molecule has 0 radical (unpaired) electrons. The van der Waals surface area contributed by atoms with Gasteiger partial charge in [0.25, 0.3) is 0 Å². The van der Waals surface area contributed by atoms with Crippen LogP contribution in [-0.2, 0) is 38.3 Å². The van der Waals surface area contributed by atoms with Crippen LogP contribution in [0.2, 0.25) is 0 Å². The predicted molar refractivity (Wildman–Crippen MR) is 217 cm³/mol. The van der Waals surface area contributed by atoms with Crippen molar-refractivity contribution in [1.82, 2.24) is 0 Å². The highest BCUT2D eigenvalue weighted by Crippen LogP contribution is 2.36. The molecule has 2 N–H and O–H groups in total. The summed E-state index contributed by atoms with van der Waals surface area (Å²) in [6.07, 6.45) is 12.6. The summed E-state index contributed by atoms with van der Waals surface area (Å²) in [5.74, 6) is 1.39. The highest BCUT2D eigenvalue weighted by molar-refractivity contribution is 5.87. The van der Waals surface area contributed by atoms with Crippen molar-refractivity contribution in [2.24, 2.45) is 17.3 Å². The Bertz CT molecular complexity index is 1680. The van der Waals surface area contributed by atoms with E-state index in [4.69, 9.17) is 14.2 Å². The summed E-state index contributed by atoms with van der Waals surface area (Å²) in [6, 6.07) is 21.8. The maximum absolute atomic E-state index is 12.1. The van der Waals surface area contributed by atoms with Crippen molar-refractivity contribution in [3.8, 4) is 28.0 Å². The second kappa shape index (κ2) is 21.0. The van der Waals surface area contributed by atoms with Gasteiger partial charge in [-0.05, 0) is 109 Å². The minimum absolute atomic E-state index is 0.0862. The Labute approximate surface area is 323 Å². The van der Waals surface area contributed by atoms with Gasteiger partial charge in [-0.15, -0.1) is 0 Å². The lowest BCUT2D eigenvalue weighted by atomic mass is 9.78. The van der Waals surface area contributed by atoms with Crippen molar-refractivity contribution in [3.05, 3.63) is 102 Å². The molecule has 0 aromatic heterocycles. The average Bonchev–Trinajstić information content (AvgIpc) is 3.19. The fourth-order valence-corrected chi connectivity index (χ4v) is 7.25. The largest absolute Gasteiger partial charge is 0.492 e. The lowest BCUT2D eigenvalue weighted by Crippen LogP contribution is -2.41. The van der Waals surface area contributed by atoms with Crippen LogP contribution < -0.4 is 4.74 Å². The topological polar surface area (TPSA) is 102 Å². The lowest BCUT2D eigenvalue weighted by Gasteiger charge is -2.30. The Morgan fingerprint density at radius 3 is 1.83 bits per heavy atom. The van der Waals surface area contributed by atoms with Crippen LogP contribution in [0.5, 0.6) is 5.75 Å². The molecule has 0 saturated heterocycles. The molecule has 0 bridgehead atoms. The number of hydrogen-bond donors (Lipinski definition) is 2. The van der Waals surface area contributed by atoms with Crippen molar-refractivity contribution in [3.63, 3.8) is 0 Å². The molecule has 0 unspecified atom stereocenters. The third-order valence-corrected chi connectivity index (χ3v) is 10.9. The third-order valence-electron chi connectivity index (χ3n) is 10.9. The Morgan fingerprint density at radius 2 is 1.28 bits per heavy atom. The Morgan fingerprint density at radius 1 is 0.722 bits per heavy atom. The smallest absolute Gasteiger partial charge is 0.333 e. The van der Waals surface area contributed by atoms with Crippen LogP contribution in [0, 0.1) is 17.3 Å². The molecule has 1 saturated carbocycles. The number of ether oxygens (including phenoxy) is 3. The first-order valence-electron chi connectivity index (χ1n) is 19.9. The van der Waals surface area contributed by atoms with Gasteiger partial charge in [0, 0.05) is 11.1 Å². The maximum atomic E-state index is 12.1. The molecule has 1 fully saturated rings. The molecule has 7 nitrogen and oxygen atoms in total. The van der Waals surface area contributed by atoms with Gasteiger partial charge in [-0.2, -0.15) is 0 Å². The molecule has 4 rings (SSSR count). The van der Waals surface area contributed by atoms with Crippen LogP contribution >= 0.6 is 0 Å². The van der Waals surface area contributed by atoms with E-state index < -0.39 is 30.6 Å². The summed E-state index contributed by atoms with van der Waals surface area (Å²) in [7, 11) is 0. The van der Waals surface area contributed by atoms with Gasteiger partial charge in [-0.3, -0.25) is 0 Å². The summed E-state index contributed by atoms with van der Waals surface area (Å²) in [6.45, 7) is 13.8. The number of hydrogen-bond acceptors (Lipinski definition) is 7. The number of benzene rings is 3. The van der Waals surface area contributed by atoms with Gasteiger partial charge in [0.1, 0.15) is 19.0 Å². The first-order chi connectivity index (χ1) is 26.0. The zero-order valence-electron chi connectivity index (χ0n) is 33.1. The molecule has 54 heavy (non-hydrogen) atoms.